The topological polar surface area (TPSA) is 58.3 Å². The molecule has 0 atom stereocenters. The minimum atomic E-state index is -0.131. The molecule has 6 heteroatoms. The molecule has 2 aromatic rings. The van der Waals surface area contributed by atoms with Gasteiger partial charge in [-0.2, -0.15) is 4.98 Å². The van der Waals surface area contributed by atoms with Crippen LogP contribution in [0.5, 0.6) is 0 Å². The van der Waals surface area contributed by atoms with Crippen LogP contribution in [0, 0.1) is 4.77 Å². The fraction of sp³-hybridized carbons (Fsp3) is 0.429. The molecule has 1 aromatic carbocycles. The van der Waals surface area contributed by atoms with Crippen LogP contribution in [-0.4, -0.2) is 39.1 Å². The van der Waals surface area contributed by atoms with Gasteiger partial charge >= 0.3 is 0 Å². The van der Waals surface area contributed by atoms with E-state index in [1.807, 2.05) is 35.0 Å². The molecule has 1 fully saturated rings. The molecule has 3 N–H and O–H groups in total. The fourth-order valence-corrected chi connectivity index (χ4v) is 2.78. The Kier molecular flexibility index (Phi) is 3.95. The van der Waals surface area contributed by atoms with Gasteiger partial charge in [-0.25, -0.2) is 4.68 Å². The maximum atomic E-state index is 9.54. The Bertz CT molecular complexity index is 614. The number of likely N-dealkylation sites (tertiary alicyclic amines) is 1. The summed E-state index contributed by atoms with van der Waals surface area (Å²) in [5, 5.41) is 12.8. The van der Waals surface area contributed by atoms with Gasteiger partial charge in [0.1, 0.15) is 0 Å². The van der Waals surface area contributed by atoms with Crippen molar-refractivity contribution in [2.24, 2.45) is 0 Å². The van der Waals surface area contributed by atoms with Crippen LogP contribution in [-0.2, 0) is 6.67 Å². The third-order valence-electron chi connectivity index (χ3n) is 3.77. The first-order valence-electron chi connectivity index (χ1n) is 6.96. The van der Waals surface area contributed by atoms with Gasteiger partial charge in [0, 0.05) is 18.4 Å². The second kappa shape index (κ2) is 5.87. The van der Waals surface area contributed by atoms with Crippen LogP contribution in [0.2, 0.25) is 0 Å². The second-order valence-electron chi connectivity index (χ2n) is 5.29. The highest BCUT2D eigenvalue weighted by Gasteiger charge is 2.20. The minimum Gasteiger partial charge on any atom is -0.393 e. The van der Waals surface area contributed by atoms with E-state index in [1.165, 1.54) is 4.90 Å². The van der Waals surface area contributed by atoms with E-state index in [0.29, 0.717) is 4.77 Å². The molecule has 5 nitrogen and oxygen atoms in total. The number of hydrogen-bond donors (Lipinski definition) is 3. The molecule has 0 bridgehead atoms. The van der Waals surface area contributed by atoms with Gasteiger partial charge in [0.25, 0.3) is 0 Å². The van der Waals surface area contributed by atoms with Crippen molar-refractivity contribution in [3.63, 3.8) is 0 Å². The zero-order valence-electron chi connectivity index (χ0n) is 11.2. The summed E-state index contributed by atoms with van der Waals surface area (Å²) >= 11 is 5.32. The molecular weight excluding hydrogens is 272 g/mol. The zero-order chi connectivity index (χ0) is 13.9. The van der Waals surface area contributed by atoms with Crippen LogP contribution < -0.4 is 4.90 Å². The molecule has 0 aliphatic carbocycles. The highest BCUT2D eigenvalue weighted by atomic mass is 32.1. The molecule has 106 valence electrons. The van der Waals surface area contributed by atoms with Gasteiger partial charge in [0.15, 0.2) is 12.5 Å². The standard InChI is InChI=1S/C14H18N4OS/c19-12-6-8-17(9-7-12)10-18-14(20)15-13(16-18)11-4-2-1-3-5-11/h1-5,12,19H,6-10H2,(H,15,16,20)/p+1. The number of nitrogens with one attached hydrogen (secondary N) is 2. The summed E-state index contributed by atoms with van der Waals surface area (Å²) < 4.78 is 2.51. The smallest absolute Gasteiger partial charge is 0.221 e. The monoisotopic (exact) mass is 291 g/mol. The van der Waals surface area contributed by atoms with E-state index in [1.54, 1.807) is 0 Å². The number of aliphatic hydroxyl groups excluding tert-OH is 1. The SMILES string of the molecule is OC1CC[NH+](Cn2[nH]c(-c3ccccc3)nc2=S)CC1. The van der Waals surface area contributed by atoms with Crippen LogP contribution in [0.4, 0.5) is 0 Å². The van der Waals surface area contributed by atoms with Gasteiger partial charge in [0.2, 0.25) is 4.77 Å². The van der Waals surface area contributed by atoms with Crippen molar-refractivity contribution in [3.05, 3.63) is 35.1 Å². The molecule has 0 radical (unpaired) electrons. The lowest BCUT2D eigenvalue weighted by Gasteiger charge is -2.26. The summed E-state index contributed by atoms with van der Waals surface area (Å²) in [6.07, 6.45) is 1.60. The number of aromatic nitrogens is 3. The van der Waals surface area contributed by atoms with Crippen molar-refractivity contribution in [3.8, 4) is 11.4 Å². The number of hydrogen-bond acceptors (Lipinski definition) is 3. The van der Waals surface area contributed by atoms with Crippen LogP contribution in [0.1, 0.15) is 12.8 Å². The van der Waals surface area contributed by atoms with E-state index in [-0.39, 0.29) is 6.10 Å². The lowest BCUT2D eigenvalue weighted by Crippen LogP contribution is -3.12. The van der Waals surface area contributed by atoms with Crippen molar-refractivity contribution in [2.75, 3.05) is 13.1 Å². The molecular formula is C14H19N4OS+. The number of benzene rings is 1. The molecule has 3 rings (SSSR count). The van der Waals surface area contributed by atoms with Crippen LogP contribution in [0.3, 0.4) is 0 Å². The van der Waals surface area contributed by atoms with Crippen molar-refractivity contribution in [1.29, 1.82) is 0 Å². The average Bonchev–Trinajstić information content (AvgIpc) is 2.84. The molecule has 0 saturated carbocycles. The Morgan fingerprint density at radius 2 is 2.00 bits per heavy atom. The lowest BCUT2D eigenvalue weighted by atomic mass is 10.1. The molecule has 1 aliphatic heterocycles. The van der Waals surface area contributed by atoms with E-state index in [9.17, 15) is 5.11 Å². The summed E-state index contributed by atoms with van der Waals surface area (Å²) in [5.74, 6) is 0.812. The van der Waals surface area contributed by atoms with E-state index < -0.39 is 0 Å². The fourth-order valence-electron chi connectivity index (χ4n) is 2.58. The summed E-state index contributed by atoms with van der Waals surface area (Å²) in [5.41, 5.74) is 1.04. The molecule has 1 aromatic heterocycles. The third-order valence-corrected chi connectivity index (χ3v) is 4.08. The largest absolute Gasteiger partial charge is 0.393 e. The first-order chi connectivity index (χ1) is 9.72. The zero-order valence-corrected chi connectivity index (χ0v) is 12.1. The Labute approximate surface area is 122 Å². The molecule has 1 aliphatic rings. The third kappa shape index (κ3) is 2.98. The number of H-pyrrole nitrogens is 1. The van der Waals surface area contributed by atoms with Crippen molar-refractivity contribution in [2.45, 2.75) is 25.6 Å². The lowest BCUT2D eigenvalue weighted by molar-refractivity contribution is -0.929. The molecule has 0 amide bonds. The van der Waals surface area contributed by atoms with Crippen LogP contribution >= 0.6 is 12.2 Å². The Balaban J connectivity index is 1.75. The van der Waals surface area contributed by atoms with E-state index >= 15 is 0 Å². The Hall–Kier alpha value is -1.50. The minimum absolute atomic E-state index is 0.131. The first-order valence-corrected chi connectivity index (χ1v) is 7.37. The number of quaternary nitrogens is 1. The first kappa shape index (κ1) is 13.5. The summed E-state index contributed by atoms with van der Waals surface area (Å²) in [7, 11) is 0. The number of nitrogens with zero attached hydrogens (tertiary/aromatic N) is 2. The van der Waals surface area contributed by atoms with E-state index in [0.717, 1.165) is 44.0 Å². The molecule has 0 spiro atoms. The van der Waals surface area contributed by atoms with E-state index in [2.05, 4.69) is 10.1 Å². The molecule has 2 heterocycles. The van der Waals surface area contributed by atoms with Gasteiger partial charge < -0.3 is 10.0 Å². The number of aliphatic hydroxyl groups is 1. The summed E-state index contributed by atoms with van der Waals surface area (Å²) in [4.78, 5) is 5.85. The number of rotatable bonds is 3. The predicted molar refractivity (Wildman–Crippen MR) is 78.8 cm³/mol. The van der Waals surface area contributed by atoms with Gasteiger partial charge in [-0.15, -0.1) is 0 Å². The van der Waals surface area contributed by atoms with Crippen molar-refractivity contribution >= 4 is 12.2 Å². The summed E-state index contributed by atoms with van der Waals surface area (Å²) in [6, 6.07) is 9.99. The van der Waals surface area contributed by atoms with Gasteiger partial charge in [-0.1, -0.05) is 30.3 Å². The highest BCUT2D eigenvalue weighted by molar-refractivity contribution is 7.71. The van der Waals surface area contributed by atoms with Gasteiger partial charge in [-0.3, -0.25) is 5.10 Å². The maximum Gasteiger partial charge on any atom is 0.221 e. The quantitative estimate of drug-likeness (QED) is 0.726. The van der Waals surface area contributed by atoms with Gasteiger partial charge in [0.05, 0.1) is 19.2 Å². The molecule has 0 unspecified atom stereocenters. The predicted octanol–water partition coefficient (Wildman–Crippen LogP) is 0.605. The molecule has 20 heavy (non-hydrogen) atoms. The average molecular weight is 291 g/mol. The van der Waals surface area contributed by atoms with Gasteiger partial charge in [-0.05, 0) is 12.2 Å². The summed E-state index contributed by atoms with van der Waals surface area (Å²) in [6.45, 7) is 2.73. The van der Waals surface area contributed by atoms with E-state index in [4.69, 9.17) is 12.2 Å². The number of aromatic amines is 1. The Morgan fingerprint density at radius 3 is 2.70 bits per heavy atom. The normalized spacial score (nSPS) is 22.9. The van der Waals surface area contributed by atoms with Crippen molar-refractivity contribution in [1.82, 2.24) is 14.8 Å². The van der Waals surface area contributed by atoms with Crippen molar-refractivity contribution < 1.29 is 10.0 Å². The molecule has 1 saturated heterocycles. The highest BCUT2D eigenvalue weighted by Crippen LogP contribution is 2.13. The second-order valence-corrected chi connectivity index (χ2v) is 5.65. The van der Waals surface area contributed by atoms with Crippen LogP contribution in [0.25, 0.3) is 11.4 Å². The number of piperidine rings is 1. The maximum absolute atomic E-state index is 9.54. The Morgan fingerprint density at radius 1 is 1.30 bits per heavy atom. The van der Waals surface area contributed by atoms with Crippen LogP contribution in [0.15, 0.2) is 30.3 Å².